The van der Waals surface area contributed by atoms with Gasteiger partial charge in [-0.3, -0.25) is 0 Å². The monoisotopic (exact) mass is 251 g/mol. The number of hydrazine groups is 1. The highest BCUT2D eigenvalue weighted by molar-refractivity contribution is 5.47. The molecule has 1 heterocycles. The van der Waals surface area contributed by atoms with E-state index in [9.17, 15) is 0 Å². The third-order valence-corrected chi connectivity index (χ3v) is 3.09. The van der Waals surface area contributed by atoms with Gasteiger partial charge in [0.2, 0.25) is 0 Å². The number of aliphatic hydroxyl groups is 1. The number of rotatable bonds is 7. The van der Waals surface area contributed by atoms with Crippen molar-refractivity contribution in [1.82, 2.24) is 9.97 Å². The molecule has 100 valence electrons. The summed E-state index contributed by atoms with van der Waals surface area (Å²) in [5.74, 6) is 8.61. The molecule has 6 heteroatoms. The van der Waals surface area contributed by atoms with Crippen molar-refractivity contribution < 1.29 is 5.11 Å². The Morgan fingerprint density at radius 2 is 2.17 bits per heavy atom. The first-order chi connectivity index (χ1) is 8.72. The molecule has 2 rings (SSSR count). The molecule has 0 bridgehead atoms. The molecular formula is C12H21N5O. The van der Waals surface area contributed by atoms with E-state index in [0.29, 0.717) is 17.7 Å². The second-order valence-electron chi connectivity index (χ2n) is 4.91. The Balaban J connectivity index is 2.00. The quantitative estimate of drug-likeness (QED) is 0.427. The lowest BCUT2D eigenvalue weighted by Gasteiger charge is -2.13. The first kappa shape index (κ1) is 13.0. The highest BCUT2D eigenvalue weighted by Crippen LogP contribution is 2.38. The van der Waals surface area contributed by atoms with Gasteiger partial charge in [-0.2, -0.15) is 0 Å². The molecule has 0 spiro atoms. The Bertz CT molecular complexity index is 394. The normalized spacial score (nSPS) is 16.4. The maximum absolute atomic E-state index is 8.86. The zero-order valence-corrected chi connectivity index (χ0v) is 10.7. The van der Waals surface area contributed by atoms with E-state index in [0.717, 1.165) is 37.4 Å². The topological polar surface area (TPSA) is 96.1 Å². The maximum Gasteiger partial charge on any atom is 0.145 e. The van der Waals surface area contributed by atoms with E-state index in [1.54, 1.807) is 6.07 Å². The van der Waals surface area contributed by atoms with Gasteiger partial charge in [0.15, 0.2) is 0 Å². The Labute approximate surface area is 107 Å². The predicted octanol–water partition coefficient (Wildman–Crippen LogP) is 1.07. The van der Waals surface area contributed by atoms with Crippen LogP contribution in [0.25, 0.3) is 0 Å². The molecule has 1 fully saturated rings. The van der Waals surface area contributed by atoms with E-state index in [-0.39, 0.29) is 6.61 Å². The van der Waals surface area contributed by atoms with E-state index >= 15 is 0 Å². The summed E-state index contributed by atoms with van der Waals surface area (Å²) in [6.07, 6.45) is 3.11. The summed E-state index contributed by atoms with van der Waals surface area (Å²) in [6.45, 7) is 3.09. The van der Waals surface area contributed by atoms with Gasteiger partial charge in [0.1, 0.15) is 17.5 Å². The van der Waals surface area contributed by atoms with Gasteiger partial charge < -0.3 is 15.8 Å². The summed E-state index contributed by atoms with van der Waals surface area (Å²) < 4.78 is 0. The average Bonchev–Trinajstić information content (AvgIpc) is 3.20. The summed E-state index contributed by atoms with van der Waals surface area (Å²) >= 11 is 0. The molecule has 18 heavy (non-hydrogen) atoms. The van der Waals surface area contributed by atoms with Crippen molar-refractivity contribution in [3.8, 4) is 0 Å². The number of aliphatic hydroxyl groups excluding tert-OH is 1. The first-order valence-electron chi connectivity index (χ1n) is 6.43. The van der Waals surface area contributed by atoms with Gasteiger partial charge in [-0.05, 0) is 25.2 Å². The van der Waals surface area contributed by atoms with E-state index in [1.807, 2.05) is 0 Å². The van der Waals surface area contributed by atoms with Gasteiger partial charge in [0.25, 0.3) is 0 Å². The third kappa shape index (κ3) is 3.54. The molecule has 6 nitrogen and oxygen atoms in total. The Hall–Kier alpha value is -1.40. The van der Waals surface area contributed by atoms with Crippen molar-refractivity contribution in [2.24, 2.45) is 11.8 Å². The van der Waals surface area contributed by atoms with Crippen molar-refractivity contribution >= 4 is 11.6 Å². The number of aromatic nitrogens is 2. The van der Waals surface area contributed by atoms with E-state index in [4.69, 9.17) is 10.9 Å². The molecule has 0 aromatic carbocycles. The standard InChI is InChI=1S/C12H21N5O/c1-8(4-5-18)7-14-10-6-11(17-13)16-12(15-10)9-2-3-9/h6,8-9,18H,2-5,7,13H2,1H3,(H2,14,15,16,17). The van der Waals surface area contributed by atoms with E-state index in [2.05, 4.69) is 27.6 Å². The summed E-state index contributed by atoms with van der Waals surface area (Å²) in [4.78, 5) is 8.85. The van der Waals surface area contributed by atoms with Crippen LogP contribution in [0.3, 0.4) is 0 Å². The van der Waals surface area contributed by atoms with Gasteiger partial charge in [-0.1, -0.05) is 6.92 Å². The van der Waals surface area contributed by atoms with Crippen LogP contribution in [0.4, 0.5) is 11.6 Å². The fraction of sp³-hybridized carbons (Fsp3) is 0.667. The Morgan fingerprint density at radius 3 is 2.78 bits per heavy atom. The highest BCUT2D eigenvalue weighted by Gasteiger charge is 2.27. The number of hydrogen-bond donors (Lipinski definition) is 4. The molecule has 1 saturated carbocycles. The van der Waals surface area contributed by atoms with Gasteiger partial charge in [-0.15, -0.1) is 0 Å². The molecule has 0 aliphatic heterocycles. The molecule has 1 aromatic rings. The number of hydrogen-bond acceptors (Lipinski definition) is 6. The highest BCUT2D eigenvalue weighted by atomic mass is 16.3. The third-order valence-electron chi connectivity index (χ3n) is 3.09. The van der Waals surface area contributed by atoms with Gasteiger partial charge in [0, 0.05) is 25.1 Å². The lowest BCUT2D eigenvalue weighted by molar-refractivity contribution is 0.266. The first-order valence-corrected chi connectivity index (χ1v) is 6.43. The van der Waals surface area contributed by atoms with Gasteiger partial charge >= 0.3 is 0 Å². The number of anilines is 2. The molecule has 1 unspecified atom stereocenters. The van der Waals surface area contributed by atoms with Crippen LogP contribution in [0.2, 0.25) is 0 Å². The molecule has 1 atom stereocenters. The lowest BCUT2D eigenvalue weighted by Crippen LogP contribution is -2.16. The van der Waals surface area contributed by atoms with Crippen molar-refractivity contribution in [3.05, 3.63) is 11.9 Å². The van der Waals surface area contributed by atoms with Crippen molar-refractivity contribution in [2.45, 2.75) is 32.1 Å². The minimum absolute atomic E-state index is 0.218. The number of nitrogens with zero attached hydrogens (tertiary/aromatic N) is 2. The smallest absolute Gasteiger partial charge is 0.145 e. The average molecular weight is 251 g/mol. The van der Waals surface area contributed by atoms with Crippen molar-refractivity contribution in [3.63, 3.8) is 0 Å². The zero-order chi connectivity index (χ0) is 13.0. The summed E-state index contributed by atoms with van der Waals surface area (Å²) in [5, 5.41) is 12.1. The minimum Gasteiger partial charge on any atom is -0.396 e. The Kier molecular flexibility index (Phi) is 4.33. The van der Waals surface area contributed by atoms with Crippen molar-refractivity contribution in [1.29, 1.82) is 0 Å². The van der Waals surface area contributed by atoms with E-state index < -0.39 is 0 Å². The fourth-order valence-electron chi connectivity index (χ4n) is 1.76. The largest absolute Gasteiger partial charge is 0.396 e. The number of nitrogens with two attached hydrogens (primary N) is 1. The minimum atomic E-state index is 0.218. The fourth-order valence-corrected chi connectivity index (χ4v) is 1.76. The van der Waals surface area contributed by atoms with Crippen molar-refractivity contribution in [2.75, 3.05) is 23.9 Å². The predicted molar refractivity (Wildman–Crippen MR) is 71.2 cm³/mol. The molecule has 5 N–H and O–H groups in total. The molecule has 0 saturated heterocycles. The Morgan fingerprint density at radius 1 is 1.44 bits per heavy atom. The summed E-state index contributed by atoms with van der Waals surface area (Å²) in [5.41, 5.74) is 2.57. The number of nitrogen functional groups attached to an aromatic ring is 1. The van der Waals surface area contributed by atoms with Crippen LogP contribution in [-0.4, -0.2) is 28.2 Å². The molecule has 0 amide bonds. The van der Waals surface area contributed by atoms with Crippen LogP contribution >= 0.6 is 0 Å². The molecule has 1 aromatic heterocycles. The molecule has 0 radical (unpaired) electrons. The maximum atomic E-state index is 8.86. The number of nitrogens with one attached hydrogen (secondary N) is 2. The SMILES string of the molecule is CC(CCO)CNc1cc(NN)nc(C2CC2)n1. The van der Waals surface area contributed by atoms with Crippen LogP contribution in [0.1, 0.15) is 37.9 Å². The zero-order valence-electron chi connectivity index (χ0n) is 10.7. The van der Waals surface area contributed by atoms with E-state index in [1.165, 1.54) is 0 Å². The summed E-state index contributed by atoms with van der Waals surface area (Å²) in [7, 11) is 0. The second kappa shape index (κ2) is 5.97. The molecule has 1 aliphatic rings. The van der Waals surface area contributed by atoms with Crippen LogP contribution < -0.4 is 16.6 Å². The molecule has 1 aliphatic carbocycles. The lowest BCUT2D eigenvalue weighted by atomic mass is 10.1. The molecular weight excluding hydrogens is 230 g/mol. The van der Waals surface area contributed by atoms with Crippen LogP contribution in [0.5, 0.6) is 0 Å². The second-order valence-corrected chi connectivity index (χ2v) is 4.91. The van der Waals surface area contributed by atoms with Crippen LogP contribution in [-0.2, 0) is 0 Å². The van der Waals surface area contributed by atoms with Gasteiger partial charge in [0.05, 0.1) is 0 Å². The van der Waals surface area contributed by atoms with Crippen LogP contribution in [0, 0.1) is 5.92 Å². The van der Waals surface area contributed by atoms with Gasteiger partial charge in [-0.25, -0.2) is 15.8 Å². The summed E-state index contributed by atoms with van der Waals surface area (Å²) in [6, 6.07) is 1.80. The van der Waals surface area contributed by atoms with Crippen LogP contribution in [0.15, 0.2) is 6.07 Å².